The fourth-order valence-corrected chi connectivity index (χ4v) is 3.75. The van der Waals surface area contributed by atoms with Crippen molar-refractivity contribution in [3.63, 3.8) is 0 Å². The Morgan fingerprint density at radius 1 is 1.15 bits per heavy atom. The van der Waals surface area contributed by atoms with Gasteiger partial charge in [-0.15, -0.1) is 0 Å². The Balaban J connectivity index is 1.54. The number of para-hydroxylation sites is 2. The maximum absolute atomic E-state index is 12.8. The van der Waals surface area contributed by atoms with Crippen LogP contribution in [0.4, 0.5) is 5.69 Å². The number of amides is 2. The Kier molecular flexibility index (Phi) is 4.15. The molecule has 2 amide bonds. The molecule has 4 rings (SSSR count). The van der Waals surface area contributed by atoms with Gasteiger partial charge in [-0.1, -0.05) is 42.5 Å². The van der Waals surface area contributed by atoms with Crippen LogP contribution in [-0.2, 0) is 15.1 Å². The second-order valence-corrected chi connectivity index (χ2v) is 7.00. The number of hydrogen-bond acceptors (Lipinski definition) is 3. The fraction of sp³-hybridized carbons (Fsp3) is 0.333. The zero-order valence-corrected chi connectivity index (χ0v) is 14.8. The first-order valence-corrected chi connectivity index (χ1v) is 9.03. The SMILES string of the molecule is CC1Oc2ccccc2N(CC(=O)NC2(c3ccccc3)CCC2)C1=O. The molecule has 1 saturated carbocycles. The van der Waals surface area contributed by atoms with E-state index < -0.39 is 6.10 Å². The van der Waals surface area contributed by atoms with E-state index in [9.17, 15) is 9.59 Å². The van der Waals surface area contributed by atoms with Gasteiger partial charge in [0.25, 0.3) is 5.91 Å². The normalized spacial score (nSPS) is 20.6. The average Bonchev–Trinajstić information content (AvgIpc) is 2.63. The molecule has 1 heterocycles. The van der Waals surface area contributed by atoms with Crippen LogP contribution in [0.15, 0.2) is 54.6 Å². The van der Waals surface area contributed by atoms with Gasteiger partial charge in [0.05, 0.1) is 11.2 Å². The van der Waals surface area contributed by atoms with Crippen molar-refractivity contribution < 1.29 is 14.3 Å². The zero-order valence-electron chi connectivity index (χ0n) is 14.8. The fourth-order valence-electron chi connectivity index (χ4n) is 3.75. The smallest absolute Gasteiger partial charge is 0.268 e. The lowest BCUT2D eigenvalue weighted by molar-refractivity contribution is -0.129. The number of ether oxygens (including phenoxy) is 1. The third kappa shape index (κ3) is 2.83. The third-order valence-corrected chi connectivity index (χ3v) is 5.29. The van der Waals surface area contributed by atoms with Crippen molar-refractivity contribution >= 4 is 17.5 Å². The van der Waals surface area contributed by atoms with Crippen LogP contribution in [0.3, 0.4) is 0 Å². The van der Waals surface area contributed by atoms with Crippen LogP contribution in [0.1, 0.15) is 31.7 Å². The van der Waals surface area contributed by atoms with Crippen LogP contribution in [0.5, 0.6) is 5.75 Å². The predicted molar refractivity (Wildman–Crippen MR) is 99.0 cm³/mol. The van der Waals surface area contributed by atoms with Crippen molar-refractivity contribution in [1.82, 2.24) is 5.32 Å². The van der Waals surface area contributed by atoms with Crippen molar-refractivity contribution in [1.29, 1.82) is 0 Å². The molecule has 26 heavy (non-hydrogen) atoms. The molecule has 1 aliphatic carbocycles. The molecule has 1 N–H and O–H groups in total. The number of benzene rings is 2. The lowest BCUT2D eigenvalue weighted by Crippen LogP contribution is -2.55. The number of carbonyl (C=O) groups is 2. The molecule has 0 bridgehead atoms. The molecule has 0 saturated heterocycles. The summed E-state index contributed by atoms with van der Waals surface area (Å²) >= 11 is 0. The lowest BCUT2D eigenvalue weighted by Gasteiger charge is -2.43. The number of hydrogen-bond donors (Lipinski definition) is 1. The van der Waals surface area contributed by atoms with Gasteiger partial charge in [-0.3, -0.25) is 14.5 Å². The highest BCUT2D eigenvalue weighted by molar-refractivity contribution is 6.03. The minimum atomic E-state index is -0.593. The molecular formula is C21H22N2O3. The van der Waals surface area contributed by atoms with Crippen LogP contribution >= 0.6 is 0 Å². The van der Waals surface area contributed by atoms with Crippen molar-refractivity contribution in [3.05, 3.63) is 60.2 Å². The molecule has 1 atom stereocenters. The van der Waals surface area contributed by atoms with Crippen LogP contribution < -0.4 is 15.0 Å². The number of fused-ring (bicyclic) bond motifs is 1. The van der Waals surface area contributed by atoms with Crippen molar-refractivity contribution in [3.8, 4) is 5.75 Å². The van der Waals surface area contributed by atoms with E-state index in [1.54, 1.807) is 6.92 Å². The van der Waals surface area contributed by atoms with Gasteiger partial charge in [-0.2, -0.15) is 0 Å². The summed E-state index contributed by atoms with van der Waals surface area (Å²) in [6.07, 6.45) is 2.34. The molecule has 134 valence electrons. The minimum Gasteiger partial charge on any atom is -0.479 e. The van der Waals surface area contributed by atoms with E-state index in [1.807, 2.05) is 42.5 Å². The highest BCUT2D eigenvalue weighted by Gasteiger charge is 2.41. The molecule has 1 aliphatic heterocycles. The molecule has 0 spiro atoms. The van der Waals surface area contributed by atoms with Gasteiger partial charge in [0, 0.05) is 0 Å². The molecule has 1 unspecified atom stereocenters. The molecule has 2 aromatic carbocycles. The summed E-state index contributed by atoms with van der Waals surface area (Å²) in [6, 6.07) is 17.4. The monoisotopic (exact) mass is 350 g/mol. The van der Waals surface area contributed by atoms with E-state index >= 15 is 0 Å². The Hall–Kier alpha value is -2.82. The van der Waals surface area contributed by atoms with E-state index in [-0.39, 0.29) is 23.9 Å². The molecule has 5 nitrogen and oxygen atoms in total. The Bertz CT molecular complexity index is 830. The molecule has 1 fully saturated rings. The van der Waals surface area contributed by atoms with Crippen LogP contribution in [0, 0.1) is 0 Å². The first-order chi connectivity index (χ1) is 12.6. The topological polar surface area (TPSA) is 58.6 Å². The number of carbonyl (C=O) groups excluding carboxylic acids is 2. The standard InChI is InChI=1S/C21H22N2O3/c1-15-20(25)23(17-10-5-6-11-18(17)26-15)14-19(24)22-21(12-7-13-21)16-8-3-2-4-9-16/h2-6,8-11,15H,7,12-14H2,1H3,(H,22,24). The quantitative estimate of drug-likeness (QED) is 0.922. The Morgan fingerprint density at radius 3 is 2.54 bits per heavy atom. The second-order valence-electron chi connectivity index (χ2n) is 7.00. The molecule has 0 aromatic heterocycles. The second kappa shape index (κ2) is 6.48. The molecule has 2 aliphatic rings. The van der Waals surface area contributed by atoms with E-state index in [1.165, 1.54) is 4.90 Å². The lowest BCUT2D eigenvalue weighted by atomic mass is 9.72. The van der Waals surface area contributed by atoms with E-state index in [0.717, 1.165) is 24.8 Å². The molecule has 2 aromatic rings. The van der Waals surface area contributed by atoms with Crippen molar-refractivity contribution in [2.75, 3.05) is 11.4 Å². The van der Waals surface area contributed by atoms with E-state index in [2.05, 4.69) is 17.4 Å². The van der Waals surface area contributed by atoms with E-state index in [0.29, 0.717) is 11.4 Å². The number of nitrogens with one attached hydrogen (secondary N) is 1. The van der Waals surface area contributed by atoms with Crippen LogP contribution in [0.25, 0.3) is 0 Å². The number of nitrogens with zero attached hydrogens (tertiary/aromatic N) is 1. The van der Waals surface area contributed by atoms with Crippen molar-refractivity contribution in [2.45, 2.75) is 37.8 Å². The third-order valence-electron chi connectivity index (χ3n) is 5.29. The summed E-state index contributed by atoms with van der Waals surface area (Å²) in [6.45, 7) is 1.71. The van der Waals surface area contributed by atoms with Crippen LogP contribution in [0.2, 0.25) is 0 Å². The maximum atomic E-state index is 12.8. The predicted octanol–water partition coefficient (Wildman–Crippen LogP) is 3.00. The Labute approximate surface area is 153 Å². The Morgan fingerprint density at radius 2 is 1.85 bits per heavy atom. The highest BCUT2D eigenvalue weighted by Crippen LogP contribution is 2.41. The van der Waals surface area contributed by atoms with Crippen LogP contribution in [-0.4, -0.2) is 24.5 Å². The minimum absolute atomic E-state index is 0.00185. The highest BCUT2D eigenvalue weighted by atomic mass is 16.5. The molecule has 0 radical (unpaired) electrons. The molecule has 5 heteroatoms. The number of rotatable bonds is 4. The van der Waals surface area contributed by atoms with Gasteiger partial charge < -0.3 is 10.1 Å². The van der Waals surface area contributed by atoms with Crippen molar-refractivity contribution in [2.24, 2.45) is 0 Å². The first-order valence-electron chi connectivity index (χ1n) is 9.03. The summed E-state index contributed by atoms with van der Waals surface area (Å²) in [5.74, 6) is 0.292. The summed E-state index contributed by atoms with van der Waals surface area (Å²) in [5, 5.41) is 3.19. The van der Waals surface area contributed by atoms with Gasteiger partial charge >= 0.3 is 0 Å². The average molecular weight is 350 g/mol. The van der Waals surface area contributed by atoms with E-state index in [4.69, 9.17) is 4.74 Å². The van der Waals surface area contributed by atoms with Gasteiger partial charge in [0.1, 0.15) is 12.3 Å². The van der Waals surface area contributed by atoms with Gasteiger partial charge in [-0.25, -0.2) is 0 Å². The van der Waals surface area contributed by atoms with Gasteiger partial charge in [0.2, 0.25) is 5.91 Å². The molecular weight excluding hydrogens is 328 g/mol. The largest absolute Gasteiger partial charge is 0.479 e. The zero-order chi connectivity index (χ0) is 18.1. The summed E-state index contributed by atoms with van der Waals surface area (Å²) in [7, 11) is 0. The summed E-state index contributed by atoms with van der Waals surface area (Å²) in [5.41, 5.74) is 1.47. The number of anilines is 1. The van der Waals surface area contributed by atoms with Gasteiger partial charge in [-0.05, 0) is 43.9 Å². The summed E-state index contributed by atoms with van der Waals surface area (Å²) < 4.78 is 5.64. The summed E-state index contributed by atoms with van der Waals surface area (Å²) in [4.78, 5) is 26.9. The maximum Gasteiger partial charge on any atom is 0.268 e. The first kappa shape index (κ1) is 16.6. The van der Waals surface area contributed by atoms with Gasteiger partial charge in [0.15, 0.2) is 6.10 Å².